The minimum absolute atomic E-state index is 0.314. The minimum Gasteiger partial charge on any atom is -0.456 e. The molecule has 4 heteroatoms. The molecule has 0 spiro atoms. The summed E-state index contributed by atoms with van der Waals surface area (Å²) in [6.07, 6.45) is 7.45. The van der Waals surface area contributed by atoms with Crippen LogP contribution < -0.4 is 0 Å². The van der Waals surface area contributed by atoms with Crippen molar-refractivity contribution in [2.45, 2.75) is 83.8 Å². The maximum absolute atomic E-state index is 12.9. The van der Waals surface area contributed by atoms with Gasteiger partial charge in [-0.05, 0) is 75.5 Å². The van der Waals surface area contributed by atoms with E-state index < -0.39 is 12.1 Å². The smallest absolute Gasteiger partial charge is 0.348 e. The Balaban J connectivity index is 1.74. The van der Waals surface area contributed by atoms with Crippen molar-refractivity contribution in [3.8, 4) is 0 Å². The van der Waals surface area contributed by atoms with Crippen molar-refractivity contribution in [2.24, 2.45) is 23.7 Å². The maximum atomic E-state index is 12.9. The SMILES string of the molecule is C=C(C)C(=O)OC(CCC)C(=O)OC1(CC)C2CC3CC(C2)CC1C3. The van der Waals surface area contributed by atoms with E-state index in [1.807, 2.05) is 6.92 Å². The second-order valence-electron chi connectivity index (χ2n) is 8.50. The molecule has 4 bridgehead atoms. The van der Waals surface area contributed by atoms with Gasteiger partial charge in [-0.1, -0.05) is 26.8 Å². The first-order valence-electron chi connectivity index (χ1n) is 9.98. The Morgan fingerprint density at radius 1 is 1.08 bits per heavy atom. The van der Waals surface area contributed by atoms with Crippen LogP contribution in [0.4, 0.5) is 0 Å². The van der Waals surface area contributed by atoms with Crippen LogP contribution in [0, 0.1) is 23.7 Å². The summed E-state index contributed by atoms with van der Waals surface area (Å²) in [5.74, 6) is 1.76. The fraction of sp³-hybridized carbons (Fsp3) is 0.810. The third-order valence-corrected chi connectivity index (χ3v) is 6.77. The number of carbonyl (C=O) groups excluding carboxylic acids is 2. The van der Waals surface area contributed by atoms with Gasteiger partial charge in [-0.15, -0.1) is 0 Å². The average molecular weight is 348 g/mol. The van der Waals surface area contributed by atoms with Gasteiger partial charge in [-0.3, -0.25) is 0 Å². The molecule has 140 valence electrons. The fourth-order valence-electron chi connectivity index (χ4n) is 5.77. The van der Waals surface area contributed by atoms with Gasteiger partial charge < -0.3 is 9.47 Å². The summed E-state index contributed by atoms with van der Waals surface area (Å²) in [6, 6.07) is 0. The molecule has 4 aliphatic carbocycles. The number of hydrogen-bond donors (Lipinski definition) is 0. The fourth-order valence-corrected chi connectivity index (χ4v) is 5.77. The van der Waals surface area contributed by atoms with Crippen molar-refractivity contribution >= 4 is 11.9 Å². The van der Waals surface area contributed by atoms with Crippen LogP contribution in [0.15, 0.2) is 12.2 Å². The molecule has 0 radical (unpaired) electrons. The normalized spacial score (nSPS) is 36.8. The highest BCUT2D eigenvalue weighted by Crippen LogP contribution is 2.60. The second kappa shape index (κ2) is 7.13. The van der Waals surface area contributed by atoms with E-state index in [0.29, 0.717) is 23.8 Å². The summed E-state index contributed by atoms with van der Waals surface area (Å²) in [4.78, 5) is 24.8. The molecule has 0 aromatic heterocycles. The van der Waals surface area contributed by atoms with Crippen molar-refractivity contribution in [1.29, 1.82) is 0 Å². The van der Waals surface area contributed by atoms with Crippen molar-refractivity contribution in [3.63, 3.8) is 0 Å². The van der Waals surface area contributed by atoms with Gasteiger partial charge in [0.15, 0.2) is 6.10 Å². The largest absolute Gasteiger partial charge is 0.456 e. The Morgan fingerprint density at radius 3 is 2.08 bits per heavy atom. The lowest BCUT2D eigenvalue weighted by Crippen LogP contribution is -2.60. The van der Waals surface area contributed by atoms with Gasteiger partial charge in [0, 0.05) is 5.57 Å². The van der Waals surface area contributed by atoms with Crippen molar-refractivity contribution in [1.82, 2.24) is 0 Å². The molecule has 0 heterocycles. The first-order chi connectivity index (χ1) is 11.9. The molecular formula is C21H32O4. The molecule has 0 saturated heterocycles. The highest BCUT2D eigenvalue weighted by Gasteiger charge is 2.59. The summed E-state index contributed by atoms with van der Waals surface area (Å²) in [7, 11) is 0. The van der Waals surface area contributed by atoms with Gasteiger partial charge in [0.25, 0.3) is 0 Å². The maximum Gasteiger partial charge on any atom is 0.348 e. The van der Waals surface area contributed by atoms with E-state index in [9.17, 15) is 9.59 Å². The van der Waals surface area contributed by atoms with Crippen molar-refractivity contribution < 1.29 is 19.1 Å². The Labute approximate surface area is 151 Å². The van der Waals surface area contributed by atoms with Crippen LogP contribution in [-0.2, 0) is 19.1 Å². The van der Waals surface area contributed by atoms with E-state index in [-0.39, 0.29) is 11.6 Å². The van der Waals surface area contributed by atoms with Crippen LogP contribution in [0.1, 0.15) is 72.1 Å². The van der Waals surface area contributed by atoms with Gasteiger partial charge in [0.1, 0.15) is 5.60 Å². The molecule has 0 aromatic carbocycles. The molecule has 4 saturated carbocycles. The first kappa shape index (κ1) is 18.5. The van der Waals surface area contributed by atoms with Crippen LogP contribution >= 0.6 is 0 Å². The zero-order valence-corrected chi connectivity index (χ0v) is 15.9. The molecule has 4 fully saturated rings. The van der Waals surface area contributed by atoms with Gasteiger partial charge in [0.2, 0.25) is 0 Å². The van der Waals surface area contributed by atoms with Gasteiger partial charge in [-0.2, -0.15) is 0 Å². The van der Waals surface area contributed by atoms with Crippen LogP contribution in [0.2, 0.25) is 0 Å². The summed E-state index contributed by atoms with van der Waals surface area (Å²) in [6.45, 7) is 9.33. The Kier molecular flexibility index (Phi) is 5.26. The predicted octanol–water partition coefficient (Wildman–Crippen LogP) is 4.42. The minimum atomic E-state index is -0.810. The predicted molar refractivity (Wildman–Crippen MR) is 95.8 cm³/mol. The van der Waals surface area contributed by atoms with Crippen LogP contribution in [0.3, 0.4) is 0 Å². The van der Waals surface area contributed by atoms with Gasteiger partial charge in [-0.25, -0.2) is 9.59 Å². The Hall–Kier alpha value is -1.32. The van der Waals surface area contributed by atoms with Crippen molar-refractivity contribution in [2.75, 3.05) is 0 Å². The third-order valence-electron chi connectivity index (χ3n) is 6.77. The zero-order chi connectivity index (χ0) is 18.2. The summed E-state index contributed by atoms with van der Waals surface area (Å²) >= 11 is 0. The average Bonchev–Trinajstić information content (AvgIpc) is 2.56. The quantitative estimate of drug-likeness (QED) is 0.505. The molecule has 4 aliphatic rings. The van der Waals surface area contributed by atoms with E-state index in [1.54, 1.807) is 6.92 Å². The number of ether oxygens (including phenoxy) is 2. The molecule has 4 nitrogen and oxygen atoms in total. The first-order valence-corrected chi connectivity index (χ1v) is 9.98. The monoisotopic (exact) mass is 348 g/mol. The molecule has 1 unspecified atom stereocenters. The standard InChI is InChI=1S/C21H32O4/c1-5-7-18(24-19(22)13(3)4)20(23)25-21(6-2)16-9-14-8-15(11-16)12-17(21)10-14/h14-18H,3,5-12H2,1-2,4H3. The van der Waals surface area contributed by atoms with E-state index in [1.165, 1.54) is 32.1 Å². The molecular weight excluding hydrogens is 316 g/mol. The highest BCUT2D eigenvalue weighted by atomic mass is 16.6. The number of rotatable bonds is 7. The third kappa shape index (κ3) is 3.37. The van der Waals surface area contributed by atoms with Crippen LogP contribution in [0.25, 0.3) is 0 Å². The van der Waals surface area contributed by atoms with Crippen LogP contribution in [0.5, 0.6) is 0 Å². The topological polar surface area (TPSA) is 52.6 Å². The molecule has 0 amide bonds. The van der Waals surface area contributed by atoms with E-state index >= 15 is 0 Å². The molecule has 0 aliphatic heterocycles. The summed E-state index contributed by atoms with van der Waals surface area (Å²) in [5.41, 5.74) is -0.0275. The van der Waals surface area contributed by atoms with E-state index in [4.69, 9.17) is 9.47 Å². The molecule has 0 N–H and O–H groups in total. The number of carbonyl (C=O) groups is 2. The van der Waals surface area contributed by atoms with Crippen molar-refractivity contribution in [3.05, 3.63) is 12.2 Å². The van der Waals surface area contributed by atoms with E-state index in [2.05, 4.69) is 13.5 Å². The highest BCUT2D eigenvalue weighted by molar-refractivity contribution is 5.89. The lowest BCUT2D eigenvalue weighted by Gasteiger charge is -2.60. The number of hydrogen-bond acceptors (Lipinski definition) is 4. The van der Waals surface area contributed by atoms with Gasteiger partial charge in [0.05, 0.1) is 0 Å². The van der Waals surface area contributed by atoms with E-state index in [0.717, 1.165) is 24.7 Å². The Morgan fingerprint density at radius 2 is 1.64 bits per heavy atom. The Bertz CT molecular complexity index is 522. The second-order valence-corrected chi connectivity index (χ2v) is 8.50. The molecule has 25 heavy (non-hydrogen) atoms. The molecule has 1 atom stereocenters. The van der Waals surface area contributed by atoms with Gasteiger partial charge >= 0.3 is 11.9 Å². The summed E-state index contributed by atoms with van der Waals surface area (Å²) in [5, 5.41) is 0. The molecule has 4 rings (SSSR count). The lowest BCUT2D eigenvalue weighted by atomic mass is 9.49. The van der Waals surface area contributed by atoms with Crippen LogP contribution in [-0.4, -0.2) is 23.6 Å². The zero-order valence-electron chi connectivity index (χ0n) is 15.9. The lowest BCUT2D eigenvalue weighted by molar-refractivity contribution is -0.219. The number of esters is 2. The molecule has 0 aromatic rings. The summed E-state index contributed by atoms with van der Waals surface area (Å²) < 4.78 is 11.6.